The van der Waals surface area contributed by atoms with Crippen LogP contribution in [0.1, 0.15) is 45.2 Å². The van der Waals surface area contributed by atoms with Gasteiger partial charge in [0, 0.05) is 12.8 Å². The molecule has 0 spiro atoms. The summed E-state index contributed by atoms with van der Waals surface area (Å²) in [6, 6.07) is 12.8. The Kier molecular flexibility index (Phi) is 13.0. The van der Waals surface area contributed by atoms with Gasteiger partial charge in [-0.1, -0.05) is 74.5 Å². The molecule has 0 heterocycles. The summed E-state index contributed by atoms with van der Waals surface area (Å²) in [7, 11) is 0. The minimum Gasteiger partial charge on any atom is -0.480 e. The van der Waals surface area contributed by atoms with Gasteiger partial charge in [-0.25, -0.2) is 0 Å². The van der Waals surface area contributed by atoms with Gasteiger partial charge in [0.2, 0.25) is 23.6 Å². The van der Waals surface area contributed by atoms with E-state index < -0.39 is 59.8 Å². The average Bonchev–Trinajstić information content (AvgIpc) is 2.92. The van der Waals surface area contributed by atoms with Gasteiger partial charge < -0.3 is 32.1 Å². The fourth-order valence-corrected chi connectivity index (χ4v) is 4.06. The maximum absolute atomic E-state index is 13.6. The smallest absolute Gasteiger partial charge is 0.325 e. The van der Waals surface area contributed by atoms with Gasteiger partial charge in [-0.15, -0.1) is 0 Å². The standard InChI is InChI=1S/C30H41N5O6/c1-18(2)15-23(31)27(37)32-19(3)26(36)34-25(17-22-13-9-6-10-14-22)29(39)35-24(16-21-11-7-5-8-12-21)28(38)33-20(4)30(40)41/h5-14,18-20,23-25H,15-17,31H2,1-4H3,(H,32,37)(H,33,38)(H,34,36)(H,35,39)(H,40,41). The molecule has 0 aromatic heterocycles. The number of nitrogens with one attached hydrogen (secondary N) is 4. The maximum atomic E-state index is 13.6. The molecule has 4 amide bonds. The number of rotatable bonds is 15. The SMILES string of the molecule is CC(C)CC(N)C(=O)NC(C)C(=O)NC(Cc1ccccc1)C(=O)NC(Cc1ccccc1)C(=O)NC(C)C(=O)O. The topological polar surface area (TPSA) is 180 Å². The Morgan fingerprint density at radius 1 is 0.634 bits per heavy atom. The predicted octanol–water partition coefficient (Wildman–Crippen LogP) is 0.909. The molecule has 0 aliphatic rings. The Hall–Kier alpha value is -4.25. The van der Waals surface area contributed by atoms with Crippen molar-refractivity contribution in [3.8, 4) is 0 Å². The molecule has 0 fully saturated rings. The summed E-state index contributed by atoms with van der Waals surface area (Å²) in [4.78, 5) is 63.4. The van der Waals surface area contributed by atoms with Crippen LogP contribution in [0.5, 0.6) is 0 Å². The summed E-state index contributed by atoms with van der Waals surface area (Å²) in [5, 5.41) is 19.6. The average molecular weight is 568 g/mol. The van der Waals surface area contributed by atoms with E-state index in [4.69, 9.17) is 5.73 Å². The number of nitrogens with two attached hydrogens (primary N) is 1. The van der Waals surface area contributed by atoms with Crippen molar-refractivity contribution < 1.29 is 29.1 Å². The van der Waals surface area contributed by atoms with Gasteiger partial charge >= 0.3 is 5.97 Å². The second-order valence-corrected chi connectivity index (χ2v) is 10.5. The Morgan fingerprint density at radius 3 is 1.49 bits per heavy atom. The van der Waals surface area contributed by atoms with Crippen molar-refractivity contribution in [3.05, 3.63) is 71.8 Å². The molecule has 11 heteroatoms. The van der Waals surface area contributed by atoms with Crippen molar-refractivity contribution >= 4 is 29.6 Å². The van der Waals surface area contributed by atoms with E-state index in [1.165, 1.54) is 13.8 Å². The molecular formula is C30H41N5O6. The third-order valence-corrected chi connectivity index (χ3v) is 6.37. The van der Waals surface area contributed by atoms with Crippen LogP contribution in [-0.4, -0.2) is 64.9 Å². The van der Waals surface area contributed by atoms with Crippen LogP contribution in [0.3, 0.4) is 0 Å². The lowest BCUT2D eigenvalue weighted by Crippen LogP contribution is -2.58. The van der Waals surface area contributed by atoms with Crippen LogP contribution in [-0.2, 0) is 36.8 Å². The van der Waals surface area contributed by atoms with Gasteiger partial charge in [0.25, 0.3) is 0 Å². The van der Waals surface area contributed by atoms with Crippen molar-refractivity contribution in [1.29, 1.82) is 0 Å². The van der Waals surface area contributed by atoms with E-state index in [0.717, 1.165) is 11.1 Å². The molecule has 11 nitrogen and oxygen atoms in total. The highest BCUT2D eigenvalue weighted by molar-refractivity contribution is 5.95. The highest BCUT2D eigenvalue weighted by atomic mass is 16.4. The van der Waals surface area contributed by atoms with Gasteiger partial charge in [0.1, 0.15) is 24.2 Å². The van der Waals surface area contributed by atoms with Crippen molar-refractivity contribution in [2.45, 2.75) is 77.2 Å². The molecule has 222 valence electrons. The van der Waals surface area contributed by atoms with Gasteiger partial charge in [-0.05, 0) is 37.3 Å². The van der Waals surface area contributed by atoms with Gasteiger partial charge in [-0.3, -0.25) is 24.0 Å². The zero-order valence-electron chi connectivity index (χ0n) is 23.9. The zero-order chi connectivity index (χ0) is 30.5. The molecule has 2 aromatic carbocycles. The molecule has 0 radical (unpaired) electrons. The number of carboxylic acids is 1. The number of carbonyl (C=O) groups is 5. The van der Waals surface area contributed by atoms with E-state index in [1.807, 2.05) is 26.0 Å². The van der Waals surface area contributed by atoms with Crippen molar-refractivity contribution in [3.63, 3.8) is 0 Å². The third kappa shape index (κ3) is 11.4. The third-order valence-electron chi connectivity index (χ3n) is 6.37. The first-order valence-corrected chi connectivity index (χ1v) is 13.6. The van der Waals surface area contributed by atoms with E-state index in [-0.39, 0.29) is 18.8 Å². The summed E-state index contributed by atoms with van der Waals surface area (Å²) in [6.07, 6.45) is 0.651. The summed E-state index contributed by atoms with van der Waals surface area (Å²) in [5.41, 5.74) is 7.44. The lowest BCUT2D eigenvalue weighted by atomic mass is 10.0. The van der Waals surface area contributed by atoms with Crippen LogP contribution in [0, 0.1) is 5.92 Å². The first-order valence-electron chi connectivity index (χ1n) is 13.6. The number of hydrogen-bond donors (Lipinski definition) is 6. The summed E-state index contributed by atoms with van der Waals surface area (Å²) >= 11 is 0. The van der Waals surface area contributed by atoms with Crippen LogP contribution in [0.15, 0.2) is 60.7 Å². The molecule has 5 unspecified atom stereocenters. The Morgan fingerprint density at radius 2 is 1.05 bits per heavy atom. The number of hydrogen-bond acceptors (Lipinski definition) is 6. The first kappa shape index (κ1) is 33.0. The van der Waals surface area contributed by atoms with Crippen molar-refractivity contribution in [2.75, 3.05) is 0 Å². The number of amides is 4. The molecule has 7 N–H and O–H groups in total. The monoisotopic (exact) mass is 567 g/mol. The molecule has 0 bridgehead atoms. The summed E-state index contributed by atoms with van der Waals surface area (Å²) < 4.78 is 0. The lowest BCUT2D eigenvalue weighted by molar-refractivity contribution is -0.141. The molecule has 0 saturated carbocycles. The Balaban J connectivity index is 2.24. The summed E-state index contributed by atoms with van der Waals surface area (Å²) in [5.74, 6) is -3.43. The fourth-order valence-electron chi connectivity index (χ4n) is 4.06. The van der Waals surface area contributed by atoms with E-state index in [2.05, 4.69) is 21.3 Å². The molecule has 2 rings (SSSR count). The van der Waals surface area contributed by atoms with Crippen LogP contribution in [0.25, 0.3) is 0 Å². The van der Waals surface area contributed by atoms with Crippen LogP contribution >= 0.6 is 0 Å². The fraction of sp³-hybridized carbons (Fsp3) is 0.433. The molecule has 0 aliphatic carbocycles. The normalized spacial score (nSPS) is 14.6. The van der Waals surface area contributed by atoms with E-state index in [9.17, 15) is 29.1 Å². The van der Waals surface area contributed by atoms with Gasteiger partial charge in [-0.2, -0.15) is 0 Å². The molecule has 0 saturated heterocycles. The zero-order valence-corrected chi connectivity index (χ0v) is 23.9. The molecule has 2 aromatic rings. The number of carbonyl (C=O) groups excluding carboxylic acids is 4. The molecule has 41 heavy (non-hydrogen) atoms. The lowest BCUT2D eigenvalue weighted by Gasteiger charge is -2.25. The minimum atomic E-state index is -1.22. The van der Waals surface area contributed by atoms with Gasteiger partial charge in [0.15, 0.2) is 0 Å². The van der Waals surface area contributed by atoms with Crippen molar-refractivity contribution in [2.24, 2.45) is 11.7 Å². The highest BCUT2D eigenvalue weighted by Gasteiger charge is 2.30. The maximum Gasteiger partial charge on any atom is 0.325 e. The van der Waals surface area contributed by atoms with E-state index in [1.54, 1.807) is 48.5 Å². The van der Waals surface area contributed by atoms with Crippen LogP contribution in [0.4, 0.5) is 0 Å². The van der Waals surface area contributed by atoms with Crippen molar-refractivity contribution in [1.82, 2.24) is 21.3 Å². The number of benzene rings is 2. The Labute approximate surface area is 240 Å². The number of carboxylic acid groups (broad SMARTS) is 1. The quantitative estimate of drug-likeness (QED) is 0.185. The minimum absolute atomic E-state index is 0.0942. The molecule has 0 aliphatic heterocycles. The molecular weight excluding hydrogens is 526 g/mol. The van der Waals surface area contributed by atoms with E-state index in [0.29, 0.717) is 6.42 Å². The highest BCUT2D eigenvalue weighted by Crippen LogP contribution is 2.08. The summed E-state index contributed by atoms with van der Waals surface area (Å²) in [6.45, 7) is 6.68. The van der Waals surface area contributed by atoms with Crippen LogP contribution in [0.2, 0.25) is 0 Å². The first-order chi connectivity index (χ1) is 19.4. The largest absolute Gasteiger partial charge is 0.480 e. The molecule has 5 atom stereocenters. The second kappa shape index (κ2) is 16.1. The van der Waals surface area contributed by atoms with E-state index >= 15 is 0 Å². The predicted molar refractivity (Wildman–Crippen MR) is 154 cm³/mol. The van der Waals surface area contributed by atoms with Crippen LogP contribution < -0.4 is 27.0 Å². The Bertz CT molecular complexity index is 1170. The second-order valence-electron chi connectivity index (χ2n) is 10.5. The number of aliphatic carboxylic acids is 1. The van der Waals surface area contributed by atoms with Gasteiger partial charge in [0.05, 0.1) is 6.04 Å².